The second-order valence-electron chi connectivity index (χ2n) is 6.96. The molecule has 3 heteroatoms. The van der Waals surface area contributed by atoms with Crippen molar-refractivity contribution in [3.63, 3.8) is 0 Å². The average molecular weight is 305 g/mol. The molecule has 1 aliphatic heterocycles. The maximum Gasteiger partial charge on any atom is 0.119 e. The Labute approximate surface area is 135 Å². The lowest BCUT2D eigenvalue weighted by Gasteiger charge is -2.33. The minimum Gasteiger partial charge on any atom is -0.493 e. The average Bonchev–Trinajstić information content (AvgIpc) is 2.52. The highest BCUT2D eigenvalue weighted by Crippen LogP contribution is 2.23. The molecule has 1 aliphatic rings. The normalized spacial score (nSPS) is 21.0. The number of rotatable bonds is 7. The summed E-state index contributed by atoms with van der Waals surface area (Å²) < 4.78 is 5.68. The molecule has 0 amide bonds. The number of aliphatic hydroxyl groups is 1. The number of likely N-dealkylation sites (tertiary alicyclic amines) is 1. The van der Waals surface area contributed by atoms with Gasteiger partial charge in [-0.05, 0) is 56.3 Å². The lowest BCUT2D eigenvalue weighted by atomic mass is 10.0. The molecule has 2 unspecified atom stereocenters. The van der Waals surface area contributed by atoms with E-state index in [4.69, 9.17) is 4.74 Å². The first-order valence-corrected chi connectivity index (χ1v) is 8.71. The Morgan fingerprint density at radius 2 is 1.95 bits per heavy atom. The summed E-state index contributed by atoms with van der Waals surface area (Å²) in [6.07, 6.45) is 4.35. The van der Waals surface area contributed by atoms with Gasteiger partial charge in [0.05, 0.1) is 12.7 Å². The molecule has 0 radical (unpaired) electrons. The Morgan fingerprint density at radius 1 is 1.23 bits per heavy atom. The van der Waals surface area contributed by atoms with E-state index in [0.717, 1.165) is 30.9 Å². The van der Waals surface area contributed by atoms with E-state index in [1.807, 2.05) is 24.3 Å². The molecule has 22 heavy (non-hydrogen) atoms. The summed E-state index contributed by atoms with van der Waals surface area (Å²) in [5, 5.41) is 10.4. The number of nitrogens with zero attached hydrogens (tertiary/aromatic N) is 1. The summed E-state index contributed by atoms with van der Waals surface area (Å²) in [7, 11) is 0. The molecule has 1 fully saturated rings. The summed E-state index contributed by atoms with van der Waals surface area (Å²) in [5.74, 6) is 1.41. The molecule has 1 aromatic rings. The molecule has 1 N–H and O–H groups in total. The summed E-state index contributed by atoms with van der Waals surface area (Å²) in [6, 6.07) is 8.56. The minimum absolute atomic E-state index is 0.381. The number of piperidine rings is 1. The molecule has 0 spiro atoms. The van der Waals surface area contributed by atoms with Crippen molar-refractivity contribution in [2.75, 3.05) is 19.7 Å². The fourth-order valence-electron chi connectivity index (χ4n) is 2.99. The van der Waals surface area contributed by atoms with Crippen LogP contribution in [0, 0.1) is 5.92 Å². The summed E-state index contributed by atoms with van der Waals surface area (Å²) in [6.45, 7) is 9.46. The Bertz CT molecular complexity index is 430. The Kier molecular flexibility index (Phi) is 6.71. The molecule has 124 valence electrons. The summed E-state index contributed by atoms with van der Waals surface area (Å²) in [5.41, 5.74) is 0.988. The molecular weight excluding hydrogens is 274 g/mol. The van der Waals surface area contributed by atoms with Crippen molar-refractivity contribution < 1.29 is 9.84 Å². The van der Waals surface area contributed by atoms with E-state index < -0.39 is 0 Å². The van der Waals surface area contributed by atoms with Gasteiger partial charge in [-0.3, -0.25) is 0 Å². The van der Waals surface area contributed by atoms with Gasteiger partial charge in [-0.1, -0.05) is 32.4 Å². The molecule has 1 saturated heterocycles. The van der Waals surface area contributed by atoms with Crippen molar-refractivity contribution >= 4 is 0 Å². The van der Waals surface area contributed by atoms with Gasteiger partial charge < -0.3 is 14.7 Å². The topological polar surface area (TPSA) is 32.7 Å². The van der Waals surface area contributed by atoms with Crippen LogP contribution in [0.25, 0.3) is 0 Å². The van der Waals surface area contributed by atoms with E-state index in [1.165, 1.54) is 25.8 Å². The van der Waals surface area contributed by atoms with E-state index >= 15 is 0 Å². The van der Waals surface area contributed by atoms with Crippen LogP contribution < -0.4 is 4.74 Å². The second kappa shape index (κ2) is 8.54. The van der Waals surface area contributed by atoms with Crippen LogP contribution in [0.5, 0.6) is 5.75 Å². The highest BCUT2D eigenvalue weighted by molar-refractivity contribution is 5.28. The van der Waals surface area contributed by atoms with Crippen molar-refractivity contribution in [3.8, 4) is 5.75 Å². The summed E-state index contributed by atoms with van der Waals surface area (Å²) >= 11 is 0. The third-order valence-electron chi connectivity index (χ3n) is 4.48. The molecule has 0 saturated carbocycles. The van der Waals surface area contributed by atoms with Gasteiger partial charge in [0.1, 0.15) is 5.75 Å². The Morgan fingerprint density at radius 3 is 2.59 bits per heavy atom. The van der Waals surface area contributed by atoms with Crippen LogP contribution in [0.3, 0.4) is 0 Å². The van der Waals surface area contributed by atoms with Crippen molar-refractivity contribution in [3.05, 3.63) is 29.8 Å². The first-order valence-electron chi connectivity index (χ1n) is 8.71. The van der Waals surface area contributed by atoms with Gasteiger partial charge in [-0.25, -0.2) is 0 Å². The van der Waals surface area contributed by atoms with Gasteiger partial charge in [-0.15, -0.1) is 0 Å². The third kappa shape index (κ3) is 5.29. The molecule has 1 heterocycles. The van der Waals surface area contributed by atoms with Crippen LogP contribution >= 0.6 is 0 Å². The lowest BCUT2D eigenvalue weighted by molar-refractivity contribution is 0.109. The SMILES string of the molecule is CC(C)COc1ccc(C(O)CCN2CCCCC2C)cc1. The van der Waals surface area contributed by atoms with Gasteiger partial charge in [0.2, 0.25) is 0 Å². The molecular formula is C19H31NO2. The molecule has 1 aromatic carbocycles. The Hall–Kier alpha value is -1.06. The summed E-state index contributed by atoms with van der Waals surface area (Å²) in [4.78, 5) is 2.51. The lowest BCUT2D eigenvalue weighted by Crippen LogP contribution is -2.38. The van der Waals surface area contributed by atoms with Gasteiger partial charge >= 0.3 is 0 Å². The van der Waals surface area contributed by atoms with Gasteiger partial charge in [-0.2, -0.15) is 0 Å². The van der Waals surface area contributed by atoms with Crippen molar-refractivity contribution in [2.45, 2.75) is 58.6 Å². The highest BCUT2D eigenvalue weighted by atomic mass is 16.5. The largest absolute Gasteiger partial charge is 0.493 e. The molecule has 0 bridgehead atoms. The zero-order valence-electron chi connectivity index (χ0n) is 14.3. The van der Waals surface area contributed by atoms with E-state index in [9.17, 15) is 5.11 Å². The standard InChI is InChI=1S/C19H31NO2/c1-15(2)14-22-18-9-7-17(8-10-18)19(21)11-13-20-12-5-4-6-16(20)3/h7-10,15-16,19,21H,4-6,11-14H2,1-3H3. The number of ether oxygens (including phenoxy) is 1. The molecule has 0 aromatic heterocycles. The van der Waals surface area contributed by atoms with Gasteiger partial charge in [0, 0.05) is 12.6 Å². The van der Waals surface area contributed by atoms with Crippen LogP contribution in [0.2, 0.25) is 0 Å². The maximum absolute atomic E-state index is 10.4. The fraction of sp³-hybridized carbons (Fsp3) is 0.684. The van der Waals surface area contributed by atoms with E-state index in [-0.39, 0.29) is 6.10 Å². The molecule has 2 atom stereocenters. The molecule has 2 rings (SSSR count). The maximum atomic E-state index is 10.4. The van der Waals surface area contributed by atoms with Crippen molar-refractivity contribution in [1.29, 1.82) is 0 Å². The van der Waals surface area contributed by atoms with E-state index in [0.29, 0.717) is 12.0 Å². The number of aliphatic hydroxyl groups excluding tert-OH is 1. The predicted octanol–water partition coefficient (Wildman–Crippen LogP) is 4.02. The first kappa shape index (κ1) is 17.3. The van der Waals surface area contributed by atoms with Crippen LogP contribution in [-0.2, 0) is 0 Å². The zero-order valence-corrected chi connectivity index (χ0v) is 14.3. The smallest absolute Gasteiger partial charge is 0.119 e. The van der Waals surface area contributed by atoms with Gasteiger partial charge in [0.15, 0.2) is 0 Å². The van der Waals surface area contributed by atoms with E-state index in [1.54, 1.807) is 0 Å². The van der Waals surface area contributed by atoms with E-state index in [2.05, 4.69) is 25.7 Å². The van der Waals surface area contributed by atoms with Crippen LogP contribution in [0.4, 0.5) is 0 Å². The molecule has 3 nitrogen and oxygen atoms in total. The quantitative estimate of drug-likeness (QED) is 0.826. The van der Waals surface area contributed by atoms with Crippen molar-refractivity contribution in [1.82, 2.24) is 4.90 Å². The van der Waals surface area contributed by atoms with Crippen LogP contribution in [0.1, 0.15) is 58.1 Å². The van der Waals surface area contributed by atoms with Crippen molar-refractivity contribution in [2.24, 2.45) is 5.92 Å². The second-order valence-corrected chi connectivity index (χ2v) is 6.96. The predicted molar refractivity (Wildman–Crippen MR) is 91.2 cm³/mol. The minimum atomic E-state index is -0.381. The number of hydrogen-bond acceptors (Lipinski definition) is 3. The monoisotopic (exact) mass is 305 g/mol. The fourth-order valence-corrected chi connectivity index (χ4v) is 2.99. The van der Waals surface area contributed by atoms with Gasteiger partial charge in [0.25, 0.3) is 0 Å². The Balaban J connectivity index is 1.80. The highest BCUT2D eigenvalue weighted by Gasteiger charge is 2.19. The van der Waals surface area contributed by atoms with Crippen LogP contribution in [0.15, 0.2) is 24.3 Å². The zero-order chi connectivity index (χ0) is 15.9. The number of benzene rings is 1. The number of hydrogen-bond donors (Lipinski definition) is 1. The third-order valence-corrected chi connectivity index (χ3v) is 4.48. The first-order chi connectivity index (χ1) is 10.6. The molecule has 0 aliphatic carbocycles. The van der Waals surface area contributed by atoms with Crippen LogP contribution in [-0.4, -0.2) is 35.7 Å².